The zero-order chi connectivity index (χ0) is 17.8. The third kappa shape index (κ3) is 3.98. The van der Waals surface area contributed by atoms with Crippen molar-refractivity contribution in [2.24, 2.45) is 0 Å². The van der Waals surface area contributed by atoms with E-state index in [4.69, 9.17) is 9.47 Å². The van der Waals surface area contributed by atoms with Gasteiger partial charge in [-0.15, -0.1) is 0 Å². The number of piperidine rings is 1. The topological polar surface area (TPSA) is 67.5 Å². The van der Waals surface area contributed by atoms with E-state index in [-0.39, 0.29) is 12.0 Å². The number of aromatic nitrogens is 2. The SMILES string of the molecule is CCOc1ccccc1OC1CCN(C(=O)c2n[nH]c(C)c2Br)CC1. The number of rotatable bonds is 5. The number of likely N-dealkylation sites (tertiary alicyclic amines) is 1. The van der Waals surface area contributed by atoms with Crippen molar-refractivity contribution in [3.05, 3.63) is 40.1 Å². The number of nitrogens with zero attached hydrogens (tertiary/aromatic N) is 2. The summed E-state index contributed by atoms with van der Waals surface area (Å²) < 4.78 is 12.4. The lowest BCUT2D eigenvalue weighted by Gasteiger charge is -2.32. The Kier molecular flexibility index (Phi) is 5.63. The molecular formula is C18H22BrN3O3. The first-order chi connectivity index (χ1) is 12.1. The number of amides is 1. The third-order valence-corrected chi connectivity index (χ3v) is 5.22. The molecule has 3 rings (SSSR count). The van der Waals surface area contributed by atoms with E-state index in [2.05, 4.69) is 26.1 Å². The first-order valence-corrected chi connectivity index (χ1v) is 9.27. The number of ether oxygens (including phenoxy) is 2. The van der Waals surface area contributed by atoms with Crippen LogP contribution in [0.3, 0.4) is 0 Å². The average Bonchev–Trinajstić information content (AvgIpc) is 2.96. The molecule has 1 amide bonds. The molecule has 0 atom stereocenters. The standard InChI is InChI=1S/C18H22BrN3O3/c1-3-24-14-6-4-5-7-15(14)25-13-8-10-22(11-9-13)18(23)17-16(19)12(2)20-21-17/h4-7,13H,3,8-11H2,1-2H3,(H,20,21). The molecule has 0 bridgehead atoms. The lowest BCUT2D eigenvalue weighted by molar-refractivity contribution is 0.0583. The molecule has 1 aliphatic rings. The molecule has 1 fully saturated rings. The molecule has 0 spiro atoms. The first-order valence-electron chi connectivity index (χ1n) is 8.48. The van der Waals surface area contributed by atoms with Crippen LogP contribution in [0.2, 0.25) is 0 Å². The first kappa shape index (κ1) is 17.8. The van der Waals surface area contributed by atoms with Crippen LogP contribution in [0, 0.1) is 6.92 Å². The molecule has 7 heteroatoms. The molecule has 1 aliphatic heterocycles. The van der Waals surface area contributed by atoms with Gasteiger partial charge in [-0.25, -0.2) is 0 Å². The predicted molar refractivity (Wildman–Crippen MR) is 98.2 cm³/mol. The van der Waals surface area contributed by atoms with Crippen LogP contribution >= 0.6 is 15.9 Å². The molecular weight excluding hydrogens is 386 g/mol. The number of aromatic amines is 1. The summed E-state index contributed by atoms with van der Waals surface area (Å²) in [6.45, 7) is 5.74. The highest BCUT2D eigenvalue weighted by Gasteiger charge is 2.28. The zero-order valence-corrected chi connectivity index (χ0v) is 16.0. The van der Waals surface area contributed by atoms with E-state index >= 15 is 0 Å². The Hall–Kier alpha value is -2.02. The molecule has 0 saturated carbocycles. The van der Waals surface area contributed by atoms with Crippen LogP contribution in [0.1, 0.15) is 35.9 Å². The van der Waals surface area contributed by atoms with E-state index in [0.29, 0.717) is 25.4 Å². The Morgan fingerprint density at radius 2 is 2.00 bits per heavy atom. The lowest BCUT2D eigenvalue weighted by Crippen LogP contribution is -2.42. The van der Waals surface area contributed by atoms with Gasteiger partial charge in [0.1, 0.15) is 6.10 Å². The molecule has 25 heavy (non-hydrogen) atoms. The smallest absolute Gasteiger partial charge is 0.275 e. The summed E-state index contributed by atoms with van der Waals surface area (Å²) in [5.74, 6) is 1.48. The highest BCUT2D eigenvalue weighted by Crippen LogP contribution is 2.30. The number of nitrogens with one attached hydrogen (secondary N) is 1. The van der Waals surface area contributed by atoms with Gasteiger partial charge >= 0.3 is 0 Å². The molecule has 2 aromatic rings. The zero-order valence-electron chi connectivity index (χ0n) is 14.4. The van der Waals surface area contributed by atoms with E-state index in [1.165, 1.54) is 0 Å². The van der Waals surface area contributed by atoms with Gasteiger partial charge in [0, 0.05) is 31.6 Å². The second-order valence-corrected chi connectivity index (χ2v) is 6.79. The van der Waals surface area contributed by atoms with E-state index in [9.17, 15) is 4.79 Å². The Morgan fingerprint density at radius 1 is 1.32 bits per heavy atom. The van der Waals surface area contributed by atoms with Gasteiger partial charge in [0.15, 0.2) is 17.2 Å². The number of para-hydroxylation sites is 2. The molecule has 2 heterocycles. The maximum absolute atomic E-state index is 12.6. The number of carbonyl (C=O) groups is 1. The number of carbonyl (C=O) groups excluding carboxylic acids is 1. The van der Waals surface area contributed by atoms with Gasteiger partial charge < -0.3 is 14.4 Å². The van der Waals surface area contributed by atoms with E-state index in [1.54, 1.807) is 0 Å². The van der Waals surface area contributed by atoms with Crippen LogP contribution in [0.4, 0.5) is 0 Å². The fourth-order valence-corrected chi connectivity index (χ4v) is 3.23. The summed E-state index contributed by atoms with van der Waals surface area (Å²) in [6, 6.07) is 7.71. The summed E-state index contributed by atoms with van der Waals surface area (Å²) in [5.41, 5.74) is 1.30. The molecule has 6 nitrogen and oxygen atoms in total. The van der Waals surface area contributed by atoms with Crippen LogP contribution < -0.4 is 9.47 Å². The highest BCUT2D eigenvalue weighted by molar-refractivity contribution is 9.10. The van der Waals surface area contributed by atoms with Crippen molar-refractivity contribution in [1.29, 1.82) is 0 Å². The summed E-state index contributed by atoms with van der Waals surface area (Å²) in [7, 11) is 0. The maximum Gasteiger partial charge on any atom is 0.275 e. The number of hydrogen-bond donors (Lipinski definition) is 1. The van der Waals surface area contributed by atoms with Gasteiger partial charge in [-0.1, -0.05) is 12.1 Å². The van der Waals surface area contributed by atoms with Crippen molar-refractivity contribution >= 4 is 21.8 Å². The Balaban J connectivity index is 1.59. The second kappa shape index (κ2) is 7.91. The lowest BCUT2D eigenvalue weighted by atomic mass is 10.1. The number of benzene rings is 1. The van der Waals surface area contributed by atoms with Gasteiger partial charge in [0.05, 0.1) is 11.1 Å². The summed E-state index contributed by atoms with van der Waals surface area (Å²) >= 11 is 3.42. The molecule has 1 aromatic carbocycles. The van der Waals surface area contributed by atoms with Gasteiger partial charge in [-0.05, 0) is 41.9 Å². The second-order valence-electron chi connectivity index (χ2n) is 6.00. The normalized spacial score (nSPS) is 15.2. The minimum atomic E-state index is -0.0515. The van der Waals surface area contributed by atoms with Crippen molar-refractivity contribution in [2.45, 2.75) is 32.8 Å². The van der Waals surface area contributed by atoms with Crippen molar-refractivity contribution < 1.29 is 14.3 Å². The van der Waals surface area contributed by atoms with Gasteiger partial charge in [-0.3, -0.25) is 9.89 Å². The molecule has 1 aromatic heterocycles. The van der Waals surface area contributed by atoms with Crippen molar-refractivity contribution in [3.8, 4) is 11.5 Å². The summed E-state index contributed by atoms with van der Waals surface area (Å²) in [6.07, 6.45) is 1.65. The Labute approximate surface area is 155 Å². The average molecular weight is 408 g/mol. The molecule has 1 N–H and O–H groups in total. The molecule has 1 saturated heterocycles. The molecule has 0 unspecified atom stereocenters. The van der Waals surface area contributed by atoms with Crippen molar-refractivity contribution in [1.82, 2.24) is 15.1 Å². The number of hydrogen-bond acceptors (Lipinski definition) is 4. The third-order valence-electron chi connectivity index (χ3n) is 4.25. The maximum atomic E-state index is 12.6. The Bertz CT molecular complexity index is 739. The number of halogens is 1. The minimum Gasteiger partial charge on any atom is -0.490 e. The van der Waals surface area contributed by atoms with Crippen LogP contribution in [0.15, 0.2) is 28.7 Å². The van der Waals surface area contributed by atoms with Gasteiger partial charge in [-0.2, -0.15) is 5.10 Å². The van der Waals surface area contributed by atoms with Crippen LogP contribution in [-0.2, 0) is 0 Å². The largest absolute Gasteiger partial charge is 0.490 e. The van der Waals surface area contributed by atoms with Gasteiger partial charge in [0.2, 0.25) is 0 Å². The fraction of sp³-hybridized carbons (Fsp3) is 0.444. The molecule has 134 valence electrons. The summed E-state index contributed by atoms with van der Waals surface area (Å²) in [4.78, 5) is 14.4. The quantitative estimate of drug-likeness (QED) is 0.822. The van der Waals surface area contributed by atoms with Crippen LogP contribution in [0.5, 0.6) is 11.5 Å². The Morgan fingerprint density at radius 3 is 2.60 bits per heavy atom. The molecule has 0 radical (unpaired) electrons. The number of aryl methyl sites for hydroxylation is 1. The van der Waals surface area contributed by atoms with Crippen LogP contribution in [-0.4, -0.2) is 46.8 Å². The van der Waals surface area contributed by atoms with Gasteiger partial charge in [0.25, 0.3) is 5.91 Å². The monoisotopic (exact) mass is 407 g/mol. The predicted octanol–water partition coefficient (Wildman–Crippen LogP) is 3.56. The van der Waals surface area contributed by atoms with Crippen molar-refractivity contribution in [3.63, 3.8) is 0 Å². The minimum absolute atomic E-state index is 0.0515. The van der Waals surface area contributed by atoms with E-state index in [0.717, 1.165) is 34.5 Å². The number of H-pyrrole nitrogens is 1. The fourth-order valence-electron chi connectivity index (χ4n) is 2.89. The van der Waals surface area contributed by atoms with E-state index < -0.39 is 0 Å². The van der Waals surface area contributed by atoms with Crippen molar-refractivity contribution in [2.75, 3.05) is 19.7 Å². The highest BCUT2D eigenvalue weighted by atomic mass is 79.9. The summed E-state index contributed by atoms with van der Waals surface area (Å²) in [5, 5.41) is 6.93. The van der Waals surface area contributed by atoms with Crippen LogP contribution in [0.25, 0.3) is 0 Å². The van der Waals surface area contributed by atoms with E-state index in [1.807, 2.05) is 43.0 Å². The molecule has 0 aliphatic carbocycles.